The average molecular weight is 286 g/mol. The van der Waals surface area contributed by atoms with Crippen LogP contribution in [0.2, 0.25) is 5.02 Å². The highest BCUT2D eigenvalue weighted by Gasteiger charge is 2.14. The maximum atomic E-state index is 12.3. The van der Waals surface area contributed by atoms with Gasteiger partial charge in [-0.15, -0.1) is 0 Å². The van der Waals surface area contributed by atoms with Gasteiger partial charge in [-0.1, -0.05) is 35.9 Å². The minimum atomic E-state index is -0.152. The van der Waals surface area contributed by atoms with Gasteiger partial charge in [0.2, 0.25) is 5.78 Å². The number of hydrogen-bond donors (Lipinski definition) is 1. The van der Waals surface area contributed by atoms with Gasteiger partial charge in [-0.3, -0.25) is 4.79 Å². The van der Waals surface area contributed by atoms with E-state index in [0.717, 1.165) is 10.9 Å². The number of rotatable bonds is 3. The molecule has 0 amide bonds. The van der Waals surface area contributed by atoms with E-state index in [0.29, 0.717) is 28.5 Å². The topological polar surface area (TPSA) is 56.2 Å². The average Bonchev–Trinajstić information content (AvgIpc) is 2.89. The Labute approximate surface area is 120 Å². The van der Waals surface area contributed by atoms with E-state index in [1.165, 1.54) is 0 Å². The Morgan fingerprint density at radius 1 is 1.10 bits per heavy atom. The first-order valence-electron chi connectivity index (χ1n) is 6.20. The van der Waals surface area contributed by atoms with Crippen LogP contribution in [-0.2, 0) is 6.54 Å². The van der Waals surface area contributed by atoms with Crippen molar-refractivity contribution in [2.24, 2.45) is 5.73 Å². The van der Waals surface area contributed by atoms with Gasteiger partial charge >= 0.3 is 0 Å². The molecular formula is C16H12ClNO2. The van der Waals surface area contributed by atoms with Crippen LogP contribution < -0.4 is 5.73 Å². The van der Waals surface area contributed by atoms with Gasteiger partial charge in [0, 0.05) is 22.5 Å². The molecule has 0 saturated heterocycles. The van der Waals surface area contributed by atoms with Gasteiger partial charge in [-0.2, -0.15) is 0 Å². The zero-order valence-electron chi connectivity index (χ0n) is 10.6. The fourth-order valence-electron chi connectivity index (χ4n) is 2.06. The quantitative estimate of drug-likeness (QED) is 0.745. The molecular weight excluding hydrogens is 274 g/mol. The van der Waals surface area contributed by atoms with Gasteiger partial charge < -0.3 is 10.2 Å². The lowest BCUT2D eigenvalue weighted by atomic mass is 10.1. The van der Waals surface area contributed by atoms with Gasteiger partial charge in [0.15, 0.2) is 5.76 Å². The zero-order valence-corrected chi connectivity index (χ0v) is 11.4. The van der Waals surface area contributed by atoms with Crippen molar-refractivity contribution >= 4 is 28.4 Å². The molecule has 100 valence electrons. The van der Waals surface area contributed by atoms with E-state index < -0.39 is 0 Å². The van der Waals surface area contributed by atoms with E-state index in [4.69, 9.17) is 21.8 Å². The molecule has 2 aromatic carbocycles. The van der Waals surface area contributed by atoms with Gasteiger partial charge in [0.1, 0.15) is 5.58 Å². The molecule has 0 unspecified atom stereocenters. The van der Waals surface area contributed by atoms with Crippen molar-refractivity contribution in [1.29, 1.82) is 0 Å². The summed E-state index contributed by atoms with van der Waals surface area (Å²) in [7, 11) is 0. The Kier molecular flexibility index (Phi) is 3.30. The van der Waals surface area contributed by atoms with Crippen LogP contribution in [-0.4, -0.2) is 5.78 Å². The maximum Gasteiger partial charge on any atom is 0.228 e. The van der Waals surface area contributed by atoms with Crippen LogP contribution >= 0.6 is 11.6 Å². The van der Waals surface area contributed by atoms with Crippen LogP contribution in [0.3, 0.4) is 0 Å². The van der Waals surface area contributed by atoms with E-state index in [1.807, 2.05) is 12.1 Å². The molecule has 0 aliphatic heterocycles. The van der Waals surface area contributed by atoms with Crippen molar-refractivity contribution in [2.75, 3.05) is 0 Å². The van der Waals surface area contributed by atoms with Crippen molar-refractivity contribution < 1.29 is 9.21 Å². The molecule has 0 spiro atoms. The summed E-state index contributed by atoms with van der Waals surface area (Å²) < 4.78 is 5.56. The highest BCUT2D eigenvalue weighted by atomic mass is 35.5. The first-order valence-corrected chi connectivity index (χ1v) is 6.58. The number of ketones is 1. The minimum absolute atomic E-state index is 0.152. The minimum Gasteiger partial charge on any atom is -0.453 e. The smallest absolute Gasteiger partial charge is 0.228 e. The van der Waals surface area contributed by atoms with E-state index in [9.17, 15) is 4.79 Å². The zero-order chi connectivity index (χ0) is 14.1. The molecule has 3 nitrogen and oxygen atoms in total. The molecule has 20 heavy (non-hydrogen) atoms. The second kappa shape index (κ2) is 5.12. The predicted molar refractivity (Wildman–Crippen MR) is 79.0 cm³/mol. The van der Waals surface area contributed by atoms with Crippen LogP contribution in [0.15, 0.2) is 52.9 Å². The lowest BCUT2D eigenvalue weighted by Crippen LogP contribution is -2.01. The molecule has 0 aliphatic rings. The first kappa shape index (κ1) is 12.9. The van der Waals surface area contributed by atoms with Crippen molar-refractivity contribution in [2.45, 2.75) is 6.54 Å². The Hall–Kier alpha value is -2.10. The van der Waals surface area contributed by atoms with Crippen LogP contribution in [0.5, 0.6) is 0 Å². The molecule has 0 atom stereocenters. The van der Waals surface area contributed by atoms with Gasteiger partial charge in [0.25, 0.3) is 0 Å². The van der Waals surface area contributed by atoms with Gasteiger partial charge in [0.05, 0.1) is 0 Å². The molecule has 2 N–H and O–H groups in total. The Balaban J connectivity index is 1.98. The van der Waals surface area contributed by atoms with Gasteiger partial charge in [-0.05, 0) is 29.8 Å². The summed E-state index contributed by atoms with van der Waals surface area (Å²) >= 11 is 5.92. The van der Waals surface area contributed by atoms with Crippen LogP contribution in [0, 0.1) is 0 Å². The summed E-state index contributed by atoms with van der Waals surface area (Å²) in [4.78, 5) is 12.3. The third-order valence-corrected chi connectivity index (χ3v) is 3.39. The predicted octanol–water partition coefficient (Wildman–Crippen LogP) is 3.78. The van der Waals surface area contributed by atoms with Crippen molar-refractivity contribution in [3.05, 3.63) is 70.4 Å². The summed E-state index contributed by atoms with van der Waals surface area (Å²) in [6.07, 6.45) is 0. The molecule has 0 aliphatic carbocycles. The summed E-state index contributed by atoms with van der Waals surface area (Å²) in [5.74, 6) is 0.156. The number of fused-ring (bicyclic) bond motifs is 1. The normalized spacial score (nSPS) is 10.9. The second-order valence-electron chi connectivity index (χ2n) is 4.52. The largest absolute Gasteiger partial charge is 0.453 e. The standard InChI is InChI=1S/C16H12ClNO2/c17-13-5-6-14-12(7-13)8-15(20-14)16(19)11-3-1-10(9-18)2-4-11/h1-8H,9,18H2. The fourth-order valence-corrected chi connectivity index (χ4v) is 2.24. The van der Waals surface area contributed by atoms with Crippen LogP contribution in [0.25, 0.3) is 11.0 Å². The van der Waals surface area contributed by atoms with Crippen molar-refractivity contribution in [3.8, 4) is 0 Å². The molecule has 0 saturated carbocycles. The number of benzene rings is 2. The SMILES string of the molecule is NCc1ccc(C(=O)c2cc3cc(Cl)ccc3o2)cc1. The number of halogens is 1. The van der Waals surface area contributed by atoms with E-state index in [-0.39, 0.29) is 5.78 Å². The molecule has 0 bridgehead atoms. The molecule has 3 aromatic rings. The number of furan rings is 1. The Morgan fingerprint density at radius 2 is 1.85 bits per heavy atom. The molecule has 4 heteroatoms. The number of nitrogens with two attached hydrogens (primary N) is 1. The molecule has 0 radical (unpaired) electrons. The number of carbonyl (C=O) groups is 1. The monoisotopic (exact) mass is 285 g/mol. The summed E-state index contributed by atoms with van der Waals surface area (Å²) in [6.45, 7) is 0.456. The third kappa shape index (κ3) is 2.33. The van der Waals surface area contributed by atoms with Crippen LogP contribution in [0.1, 0.15) is 21.7 Å². The van der Waals surface area contributed by atoms with E-state index >= 15 is 0 Å². The Bertz CT molecular complexity index is 775. The van der Waals surface area contributed by atoms with Gasteiger partial charge in [-0.25, -0.2) is 0 Å². The highest BCUT2D eigenvalue weighted by Crippen LogP contribution is 2.24. The summed E-state index contributed by atoms with van der Waals surface area (Å²) in [6, 6.07) is 14.2. The summed E-state index contributed by atoms with van der Waals surface area (Å²) in [5.41, 5.74) is 7.75. The molecule has 3 rings (SSSR count). The van der Waals surface area contributed by atoms with Crippen molar-refractivity contribution in [3.63, 3.8) is 0 Å². The first-order chi connectivity index (χ1) is 9.67. The summed E-state index contributed by atoms with van der Waals surface area (Å²) in [5, 5.41) is 1.43. The third-order valence-electron chi connectivity index (χ3n) is 3.15. The molecule has 1 aromatic heterocycles. The second-order valence-corrected chi connectivity index (χ2v) is 4.96. The number of carbonyl (C=O) groups excluding carboxylic acids is 1. The molecule has 1 heterocycles. The highest BCUT2D eigenvalue weighted by molar-refractivity contribution is 6.31. The van der Waals surface area contributed by atoms with Crippen molar-refractivity contribution in [1.82, 2.24) is 0 Å². The molecule has 0 fully saturated rings. The lowest BCUT2D eigenvalue weighted by Gasteiger charge is -1.99. The van der Waals surface area contributed by atoms with Crippen LogP contribution in [0.4, 0.5) is 0 Å². The fraction of sp³-hybridized carbons (Fsp3) is 0.0625. The van der Waals surface area contributed by atoms with E-state index in [2.05, 4.69) is 0 Å². The van der Waals surface area contributed by atoms with E-state index in [1.54, 1.807) is 36.4 Å². The Morgan fingerprint density at radius 3 is 2.55 bits per heavy atom. The number of hydrogen-bond acceptors (Lipinski definition) is 3. The lowest BCUT2D eigenvalue weighted by molar-refractivity contribution is 0.101. The maximum absolute atomic E-state index is 12.3.